The van der Waals surface area contributed by atoms with E-state index < -0.39 is 0 Å². The fourth-order valence-corrected chi connectivity index (χ4v) is 1.15. The lowest BCUT2D eigenvalue weighted by atomic mass is 10.1. The molecule has 76 valence electrons. The Morgan fingerprint density at radius 1 is 1.23 bits per heavy atom. The van der Waals surface area contributed by atoms with Crippen molar-refractivity contribution in [1.82, 2.24) is 5.32 Å². The van der Waals surface area contributed by atoms with Gasteiger partial charge in [0.05, 0.1) is 5.33 Å². The number of halogens is 1. The van der Waals surface area contributed by atoms with Crippen molar-refractivity contribution in [3.05, 3.63) is 0 Å². The SMILES string of the molecule is CC(=O)CCCCCNC(=O)CBr. The highest BCUT2D eigenvalue weighted by Crippen LogP contribution is 1.99. The molecule has 0 radical (unpaired) electrons. The topological polar surface area (TPSA) is 46.2 Å². The van der Waals surface area contributed by atoms with Crippen molar-refractivity contribution >= 4 is 27.6 Å². The van der Waals surface area contributed by atoms with Crippen LogP contribution in [0.5, 0.6) is 0 Å². The van der Waals surface area contributed by atoms with E-state index in [9.17, 15) is 9.59 Å². The van der Waals surface area contributed by atoms with Crippen LogP contribution >= 0.6 is 15.9 Å². The molecule has 3 nitrogen and oxygen atoms in total. The molecule has 4 heteroatoms. The van der Waals surface area contributed by atoms with Crippen LogP contribution in [-0.2, 0) is 9.59 Å². The quantitative estimate of drug-likeness (QED) is 0.551. The Morgan fingerprint density at radius 2 is 1.92 bits per heavy atom. The largest absolute Gasteiger partial charge is 0.355 e. The van der Waals surface area contributed by atoms with Gasteiger partial charge < -0.3 is 10.1 Å². The van der Waals surface area contributed by atoms with E-state index in [2.05, 4.69) is 21.2 Å². The second-order valence-electron chi connectivity index (χ2n) is 3.00. The van der Waals surface area contributed by atoms with Gasteiger partial charge in [0.1, 0.15) is 5.78 Å². The number of amides is 1. The van der Waals surface area contributed by atoms with Gasteiger partial charge in [0.2, 0.25) is 5.91 Å². The molecule has 0 unspecified atom stereocenters. The molecule has 0 aliphatic rings. The van der Waals surface area contributed by atoms with E-state index in [0.717, 1.165) is 19.3 Å². The summed E-state index contributed by atoms with van der Waals surface area (Å²) in [4.78, 5) is 21.3. The van der Waals surface area contributed by atoms with Gasteiger partial charge in [-0.2, -0.15) is 0 Å². The highest BCUT2D eigenvalue weighted by atomic mass is 79.9. The number of rotatable bonds is 7. The molecule has 0 aromatic heterocycles. The van der Waals surface area contributed by atoms with Crippen molar-refractivity contribution in [2.45, 2.75) is 32.6 Å². The zero-order valence-corrected chi connectivity index (χ0v) is 9.52. The van der Waals surface area contributed by atoms with E-state index in [1.165, 1.54) is 0 Å². The van der Waals surface area contributed by atoms with Gasteiger partial charge in [0.25, 0.3) is 0 Å². The van der Waals surface area contributed by atoms with Crippen LogP contribution < -0.4 is 5.32 Å². The van der Waals surface area contributed by atoms with Gasteiger partial charge in [-0.25, -0.2) is 0 Å². The Labute approximate surface area is 87.4 Å². The smallest absolute Gasteiger partial charge is 0.230 e. The molecular formula is C9H16BrNO2. The molecule has 0 heterocycles. The maximum absolute atomic E-state index is 10.7. The maximum Gasteiger partial charge on any atom is 0.230 e. The average Bonchev–Trinajstić information content (AvgIpc) is 2.10. The number of hydrogen-bond donors (Lipinski definition) is 1. The Morgan fingerprint density at radius 3 is 2.46 bits per heavy atom. The standard InChI is InChI=1S/C9H16BrNO2/c1-8(12)5-3-2-4-6-11-9(13)7-10/h2-7H2,1H3,(H,11,13). The lowest BCUT2D eigenvalue weighted by molar-refractivity contribution is -0.119. The normalized spacial score (nSPS) is 9.69. The predicted octanol–water partition coefficient (Wildman–Crippen LogP) is 1.65. The van der Waals surface area contributed by atoms with Crippen molar-refractivity contribution in [2.24, 2.45) is 0 Å². The lowest BCUT2D eigenvalue weighted by Gasteiger charge is -2.01. The van der Waals surface area contributed by atoms with Gasteiger partial charge in [0.15, 0.2) is 0 Å². The highest BCUT2D eigenvalue weighted by molar-refractivity contribution is 9.09. The molecule has 1 N–H and O–H groups in total. The molecule has 0 bridgehead atoms. The number of Topliss-reactive ketones (excluding diaryl/α,β-unsaturated/α-hetero) is 1. The van der Waals surface area contributed by atoms with E-state index in [0.29, 0.717) is 18.3 Å². The van der Waals surface area contributed by atoms with E-state index in [-0.39, 0.29) is 11.7 Å². The molecular weight excluding hydrogens is 234 g/mol. The van der Waals surface area contributed by atoms with Crippen LogP contribution in [0.4, 0.5) is 0 Å². The summed E-state index contributed by atoms with van der Waals surface area (Å²) >= 11 is 3.06. The van der Waals surface area contributed by atoms with Crippen LogP contribution in [0.25, 0.3) is 0 Å². The second-order valence-corrected chi connectivity index (χ2v) is 3.56. The molecule has 0 aromatic rings. The molecule has 0 aromatic carbocycles. The first-order valence-corrected chi connectivity index (χ1v) is 5.61. The Kier molecular flexibility index (Phi) is 7.99. The number of carbonyl (C=O) groups excluding carboxylic acids is 2. The van der Waals surface area contributed by atoms with Gasteiger partial charge in [0, 0.05) is 13.0 Å². The van der Waals surface area contributed by atoms with Crippen LogP contribution in [0.3, 0.4) is 0 Å². The van der Waals surface area contributed by atoms with Gasteiger partial charge in [-0.1, -0.05) is 22.4 Å². The van der Waals surface area contributed by atoms with Crippen LogP contribution in [0.2, 0.25) is 0 Å². The van der Waals surface area contributed by atoms with E-state index in [1.807, 2.05) is 0 Å². The third kappa shape index (κ3) is 9.53. The molecule has 13 heavy (non-hydrogen) atoms. The summed E-state index contributed by atoms with van der Waals surface area (Å²) in [5.74, 6) is 0.260. The molecule has 0 fully saturated rings. The molecule has 0 rings (SSSR count). The summed E-state index contributed by atoms with van der Waals surface area (Å²) in [5.41, 5.74) is 0. The molecule has 1 amide bonds. The predicted molar refractivity (Wildman–Crippen MR) is 56.0 cm³/mol. The summed E-state index contributed by atoms with van der Waals surface area (Å²) in [6, 6.07) is 0. The fourth-order valence-electron chi connectivity index (χ4n) is 0.951. The highest BCUT2D eigenvalue weighted by Gasteiger charge is 1.96. The van der Waals surface area contributed by atoms with E-state index in [1.54, 1.807) is 6.92 Å². The minimum absolute atomic E-state index is 0.0200. The molecule has 0 aliphatic carbocycles. The first kappa shape index (κ1) is 12.6. The first-order valence-electron chi connectivity index (χ1n) is 4.49. The third-order valence-electron chi connectivity index (χ3n) is 1.65. The van der Waals surface area contributed by atoms with Crippen molar-refractivity contribution < 1.29 is 9.59 Å². The molecule has 0 spiro atoms. The fraction of sp³-hybridized carbons (Fsp3) is 0.778. The minimum Gasteiger partial charge on any atom is -0.355 e. The average molecular weight is 250 g/mol. The van der Waals surface area contributed by atoms with Crippen LogP contribution in [-0.4, -0.2) is 23.6 Å². The summed E-state index contributed by atoms with van der Waals surface area (Å²) in [5, 5.41) is 3.11. The van der Waals surface area contributed by atoms with Gasteiger partial charge >= 0.3 is 0 Å². The van der Waals surface area contributed by atoms with Crippen molar-refractivity contribution in [1.29, 1.82) is 0 Å². The van der Waals surface area contributed by atoms with Crippen molar-refractivity contribution in [2.75, 3.05) is 11.9 Å². The zero-order valence-electron chi connectivity index (χ0n) is 7.94. The summed E-state index contributed by atoms with van der Waals surface area (Å²) in [7, 11) is 0. The molecule has 0 saturated carbocycles. The number of nitrogens with one attached hydrogen (secondary N) is 1. The van der Waals surface area contributed by atoms with Gasteiger partial charge in [-0.15, -0.1) is 0 Å². The van der Waals surface area contributed by atoms with Gasteiger partial charge in [-0.3, -0.25) is 4.79 Å². The lowest BCUT2D eigenvalue weighted by Crippen LogP contribution is -2.25. The third-order valence-corrected chi connectivity index (χ3v) is 2.16. The summed E-state index contributed by atoms with van der Waals surface area (Å²) in [6.07, 6.45) is 3.54. The van der Waals surface area contributed by atoms with E-state index in [4.69, 9.17) is 0 Å². The number of unbranched alkanes of at least 4 members (excludes halogenated alkanes) is 2. The number of ketones is 1. The van der Waals surface area contributed by atoms with Crippen LogP contribution in [0, 0.1) is 0 Å². The van der Waals surface area contributed by atoms with E-state index >= 15 is 0 Å². The Hall–Kier alpha value is -0.380. The molecule has 0 saturated heterocycles. The zero-order chi connectivity index (χ0) is 10.1. The number of hydrogen-bond acceptors (Lipinski definition) is 2. The number of alkyl halides is 1. The molecule has 0 atom stereocenters. The number of carbonyl (C=O) groups is 2. The monoisotopic (exact) mass is 249 g/mol. The summed E-state index contributed by atoms with van der Waals surface area (Å²) in [6.45, 7) is 2.31. The second kappa shape index (κ2) is 8.23. The van der Waals surface area contributed by atoms with Crippen LogP contribution in [0.1, 0.15) is 32.6 Å². The Balaban J connectivity index is 3.08. The Bertz CT molecular complexity index is 171. The maximum atomic E-state index is 10.7. The van der Waals surface area contributed by atoms with Crippen molar-refractivity contribution in [3.63, 3.8) is 0 Å². The van der Waals surface area contributed by atoms with Crippen LogP contribution in [0.15, 0.2) is 0 Å². The van der Waals surface area contributed by atoms with Crippen molar-refractivity contribution in [3.8, 4) is 0 Å². The summed E-state index contributed by atoms with van der Waals surface area (Å²) < 4.78 is 0. The molecule has 0 aliphatic heterocycles. The van der Waals surface area contributed by atoms with Gasteiger partial charge in [-0.05, 0) is 19.8 Å². The first-order chi connectivity index (χ1) is 6.16. The minimum atomic E-state index is 0.0200.